The number of rotatable bonds is 6. The number of halogens is 1. The number of hydrogen-bond donors (Lipinski definition) is 2. The van der Waals surface area contributed by atoms with Crippen LogP contribution in [0.4, 0.5) is 0 Å². The fourth-order valence-electron chi connectivity index (χ4n) is 1.88. The summed E-state index contributed by atoms with van der Waals surface area (Å²) in [5.74, 6) is 2.60. The number of aliphatic imine (C=N–C) groups is 1. The topological polar surface area (TPSA) is 45.7 Å². The summed E-state index contributed by atoms with van der Waals surface area (Å²) in [6, 6.07) is 10.5. The van der Waals surface area contributed by atoms with Gasteiger partial charge in [0.2, 0.25) is 0 Å². The van der Waals surface area contributed by atoms with Gasteiger partial charge in [0.1, 0.15) is 5.75 Å². The zero-order valence-corrected chi connectivity index (χ0v) is 14.5. The molecule has 2 unspecified atom stereocenters. The van der Waals surface area contributed by atoms with E-state index in [1.807, 2.05) is 37.4 Å². The first-order chi connectivity index (χ1) is 9.29. The van der Waals surface area contributed by atoms with Crippen LogP contribution in [0, 0.1) is 5.92 Å². The average molecular weight is 389 g/mol. The Kier molecular flexibility index (Phi) is 7.72. The Balaban J connectivity index is 0.00000200. The van der Waals surface area contributed by atoms with Crippen molar-refractivity contribution in [3.63, 3.8) is 0 Å². The molecule has 0 bridgehead atoms. The highest BCUT2D eigenvalue weighted by Crippen LogP contribution is 2.28. The molecule has 20 heavy (non-hydrogen) atoms. The van der Waals surface area contributed by atoms with Crippen LogP contribution in [-0.2, 0) is 0 Å². The van der Waals surface area contributed by atoms with Crippen LogP contribution in [0.5, 0.6) is 5.75 Å². The summed E-state index contributed by atoms with van der Waals surface area (Å²) >= 11 is 0. The lowest BCUT2D eigenvalue weighted by Crippen LogP contribution is -2.39. The molecular weight excluding hydrogens is 365 g/mol. The molecule has 0 spiro atoms. The summed E-state index contributed by atoms with van der Waals surface area (Å²) in [5.41, 5.74) is 0. The van der Waals surface area contributed by atoms with E-state index >= 15 is 0 Å². The summed E-state index contributed by atoms with van der Waals surface area (Å²) in [6.45, 7) is 3.83. The monoisotopic (exact) mass is 389 g/mol. The fourth-order valence-corrected chi connectivity index (χ4v) is 1.88. The molecule has 0 aromatic heterocycles. The molecule has 0 heterocycles. The molecule has 1 aliphatic rings. The van der Waals surface area contributed by atoms with Gasteiger partial charge in [-0.05, 0) is 30.9 Å². The highest BCUT2D eigenvalue weighted by Gasteiger charge is 2.32. The van der Waals surface area contributed by atoms with Crippen molar-refractivity contribution in [3.05, 3.63) is 30.3 Å². The molecule has 2 N–H and O–H groups in total. The molecule has 1 aliphatic carbocycles. The molecule has 5 heteroatoms. The predicted octanol–water partition coefficient (Wildman–Crippen LogP) is 2.65. The van der Waals surface area contributed by atoms with Gasteiger partial charge in [0.05, 0.1) is 6.61 Å². The minimum absolute atomic E-state index is 0. The largest absolute Gasteiger partial charge is 0.494 e. The van der Waals surface area contributed by atoms with E-state index in [4.69, 9.17) is 4.74 Å². The summed E-state index contributed by atoms with van der Waals surface area (Å²) in [5, 5.41) is 6.70. The Morgan fingerprint density at radius 1 is 1.35 bits per heavy atom. The lowest BCUT2D eigenvalue weighted by Gasteiger charge is -2.11. The van der Waals surface area contributed by atoms with Crippen molar-refractivity contribution in [2.45, 2.75) is 25.8 Å². The van der Waals surface area contributed by atoms with Crippen molar-refractivity contribution in [1.82, 2.24) is 10.6 Å². The van der Waals surface area contributed by atoms with Crippen LogP contribution in [0.25, 0.3) is 0 Å². The van der Waals surface area contributed by atoms with Crippen molar-refractivity contribution in [2.24, 2.45) is 10.9 Å². The molecule has 2 rings (SSSR count). The number of guanidine groups is 1. The summed E-state index contributed by atoms with van der Waals surface area (Å²) in [7, 11) is 1.81. The maximum absolute atomic E-state index is 5.63. The summed E-state index contributed by atoms with van der Waals surface area (Å²) in [6.07, 6.45) is 2.20. The average Bonchev–Trinajstić information content (AvgIpc) is 3.13. The Labute approximate surface area is 138 Å². The van der Waals surface area contributed by atoms with Gasteiger partial charge < -0.3 is 15.4 Å². The molecule has 0 aliphatic heterocycles. The van der Waals surface area contributed by atoms with Gasteiger partial charge in [0, 0.05) is 19.6 Å². The van der Waals surface area contributed by atoms with E-state index in [1.54, 1.807) is 0 Å². The lowest BCUT2D eigenvalue weighted by molar-refractivity contribution is 0.311. The van der Waals surface area contributed by atoms with Gasteiger partial charge in [-0.15, -0.1) is 24.0 Å². The molecular formula is C15H24IN3O. The third kappa shape index (κ3) is 5.98. The molecule has 0 radical (unpaired) electrons. The normalized spacial score (nSPS) is 20.8. The molecule has 112 valence electrons. The third-order valence-corrected chi connectivity index (χ3v) is 3.28. The Bertz CT molecular complexity index is 411. The highest BCUT2D eigenvalue weighted by atomic mass is 127. The second kappa shape index (κ2) is 9.05. The summed E-state index contributed by atoms with van der Waals surface area (Å²) < 4.78 is 5.63. The van der Waals surface area contributed by atoms with E-state index in [9.17, 15) is 0 Å². The van der Waals surface area contributed by atoms with Crippen LogP contribution >= 0.6 is 24.0 Å². The van der Waals surface area contributed by atoms with Crippen LogP contribution in [0.15, 0.2) is 35.3 Å². The van der Waals surface area contributed by atoms with E-state index in [-0.39, 0.29) is 24.0 Å². The molecule has 0 saturated heterocycles. The smallest absolute Gasteiger partial charge is 0.191 e. The van der Waals surface area contributed by atoms with Crippen LogP contribution in [-0.4, -0.2) is 32.2 Å². The second-order valence-electron chi connectivity index (χ2n) is 4.98. The Morgan fingerprint density at radius 2 is 2.05 bits per heavy atom. The van der Waals surface area contributed by atoms with Crippen molar-refractivity contribution in [2.75, 3.05) is 20.2 Å². The first kappa shape index (κ1) is 17.1. The van der Waals surface area contributed by atoms with Crippen molar-refractivity contribution in [3.8, 4) is 5.75 Å². The predicted molar refractivity (Wildman–Crippen MR) is 94.0 cm³/mol. The van der Waals surface area contributed by atoms with E-state index in [0.717, 1.165) is 30.6 Å². The first-order valence-corrected chi connectivity index (χ1v) is 6.94. The standard InChI is InChI=1S/C15H23N3O.HI/c1-12-11-14(12)18-15(16-2)17-9-6-10-19-13-7-4-3-5-8-13;/h3-5,7-8,12,14H,6,9-11H2,1-2H3,(H2,16,17,18);1H. The molecule has 2 atom stereocenters. The number of nitrogens with one attached hydrogen (secondary N) is 2. The highest BCUT2D eigenvalue weighted by molar-refractivity contribution is 14.0. The molecule has 1 aromatic carbocycles. The molecule has 1 aromatic rings. The van der Waals surface area contributed by atoms with Crippen molar-refractivity contribution >= 4 is 29.9 Å². The number of ether oxygens (including phenoxy) is 1. The zero-order valence-electron chi connectivity index (χ0n) is 12.1. The van der Waals surface area contributed by atoms with Crippen molar-refractivity contribution in [1.29, 1.82) is 0 Å². The second-order valence-corrected chi connectivity index (χ2v) is 4.98. The van der Waals surface area contributed by atoms with Gasteiger partial charge in [-0.1, -0.05) is 25.1 Å². The van der Waals surface area contributed by atoms with Crippen LogP contribution in [0.3, 0.4) is 0 Å². The quantitative estimate of drug-likeness (QED) is 0.340. The van der Waals surface area contributed by atoms with Crippen molar-refractivity contribution < 1.29 is 4.74 Å². The van der Waals surface area contributed by atoms with E-state index in [1.165, 1.54) is 6.42 Å². The number of hydrogen-bond acceptors (Lipinski definition) is 2. The van der Waals surface area contributed by atoms with Gasteiger partial charge in [-0.3, -0.25) is 4.99 Å². The molecule has 0 amide bonds. The first-order valence-electron chi connectivity index (χ1n) is 6.94. The van der Waals surface area contributed by atoms with Crippen LogP contribution < -0.4 is 15.4 Å². The third-order valence-electron chi connectivity index (χ3n) is 3.28. The lowest BCUT2D eigenvalue weighted by atomic mass is 10.3. The Hall–Kier alpha value is -0.980. The van der Waals surface area contributed by atoms with E-state index < -0.39 is 0 Å². The molecule has 1 saturated carbocycles. The minimum atomic E-state index is 0. The maximum Gasteiger partial charge on any atom is 0.191 e. The minimum Gasteiger partial charge on any atom is -0.494 e. The molecule has 4 nitrogen and oxygen atoms in total. The number of para-hydroxylation sites is 1. The van der Waals surface area contributed by atoms with Gasteiger partial charge in [0.25, 0.3) is 0 Å². The van der Waals surface area contributed by atoms with Gasteiger partial charge in [-0.25, -0.2) is 0 Å². The van der Waals surface area contributed by atoms with Crippen LogP contribution in [0.1, 0.15) is 19.8 Å². The maximum atomic E-state index is 5.63. The van der Waals surface area contributed by atoms with E-state index in [0.29, 0.717) is 12.6 Å². The number of benzene rings is 1. The number of nitrogens with zero attached hydrogens (tertiary/aromatic N) is 1. The van der Waals surface area contributed by atoms with E-state index in [2.05, 4.69) is 22.5 Å². The van der Waals surface area contributed by atoms with Gasteiger partial charge in [0.15, 0.2) is 5.96 Å². The molecule has 1 fully saturated rings. The zero-order chi connectivity index (χ0) is 13.5. The Morgan fingerprint density at radius 3 is 2.65 bits per heavy atom. The SMILES string of the molecule is CN=C(NCCCOc1ccccc1)NC1CC1C.I. The fraction of sp³-hybridized carbons (Fsp3) is 0.533. The van der Waals surface area contributed by atoms with Gasteiger partial charge >= 0.3 is 0 Å². The summed E-state index contributed by atoms with van der Waals surface area (Å²) in [4.78, 5) is 4.21. The van der Waals surface area contributed by atoms with Gasteiger partial charge in [-0.2, -0.15) is 0 Å². The van der Waals surface area contributed by atoms with Crippen LogP contribution in [0.2, 0.25) is 0 Å².